The fraction of sp³-hybridized carbons (Fsp3) is 0.200. The Balaban J connectivity index is 1.55. The Hall–Kier alpha value is -2.22. The van der Waals surface area contributed by atoms with Gasteiger partial charge in [0.1, 0.15) is 11.9 Å². The van der Waals surface area contributed by atoms with Gasteiger partial charge in [-0.1, -0.05) is 22.0 Å². The number of halogens is 1. The quantitative estimate of drug-likeness (QED) is 0.632. The van der Waals surface area contributed by atoms with Crippen LogP contribution in [-0.2, 0) is 4.74 Å². The largest absolute Gasteiger partial charge is 0.369 e. The Morgan fingerprint density at radius 2 is 2.07 bits per heavy atom. The first-order chi connectivity index (χ1) is 13.2. The van der Waals surface area contributed by atoms with Crippen LogP contribution in [0.3, 0.4) is 0 Å². The fourth-order valence-electron chi connectivity index (χ4n) is 3.05. The molecule has 0 radical (unpaired) electrons. The number of pyridine rings is 1. The van der Waals surface area contributed by atoms with Crippen molar-refractivity contribution in [1.29, 1.82) is 0 Å². The zero-order valence-electron chi connectivity index (χ0n) is 14.5. The highest BCUT2D eigenvalue weighted by atomic mass is 79.9. The minimum atomic E-state index is -0.167. The second-order valence-electron chi connectivity index (χ2n) is 6.16. The van der Waals surface area contributed by atoms with Crippen LogP contribution in [0.25, 0.3) is 0 Å². The fourth-order valence-corrected chi connectivity index (χ4v) is 4.08. The van der Waals surface area contributed by atoms with Gasteiger partial charge in [0.05, 0.1) is 18.7 Å². The van der Waals surface area contributed by atoms with Crippen LogP contribution in [0.2, 0.25) is 0 Å². The average molecular weight is 444 g/mol. The molecule has 1 saturated heterocycles. The van der Waals surface area contributed by atoms with E-state index in [2.05, 4.69) is 42.6 Å². The van der Waals surface area contributed by atoms with Gasteiger partial charge in [0.25, 0.3) is 5.91 Å². The van der Waals surface area contributed by atoms with E-state index >= 15 is 0 Å². The molecule has 3 heterocycles. The third-order valence-electron chi connectivity index (χ3n) is 4.36. The Kier molecular flexibility index (Phi) is 5.52. The van der Waals surface area contributed by atoms with Crippen molar-refractivity contribution in [3.8, 4) is 0 Å². The lowest BCUT2D eigenvalue weighted by molar-refractivity contribution is 0.0417. The number of hydrogen-bond acceptors (Lipinski definition) is 5. The molecule has 1 aromatic carbocycles. The number of ether oxygens (including phenoxy) is 1. The number of hydrogen-bond donors (Lipinski definition) is 1. The van der Waals surface area contributed by atoms with E-state index in [9.17, 15) is 4.79 Å². The highest BCUT2D eigenvalue weighted by Gasteiger charge is 2.26. The minimum Gasteiger partial charge on any atom is -0.369 e. The van der Waals surface area contributed by atoms with Gasteiger partial charge in [-0.05, 0) is 47.8 Å². The van der Waals surface area contributed by atoms with Crippen LogP contribution in [0.5, 0.6) is 0 Å². The minimum absolute atomic E-state index is 0.00291. The highest BCUT2D eigenvalue weighted by Crippen LogP contribution is 2.29. The van der Waals surface area contributed by atoms with Crippen LogP contribution in [-0.4, -0.2) is 30.6 Å². The molecule has 1 aliphatic heterocycles. The van der Waals surface area contributed by atoms with Crippen LogP contribution in [0.4, 0.5) is 11.5 Å². The number of anilines is 2. The van der Waals surface area contributed by atoms with Gasteiger partial charge in [-0.2, -0.15) is 0 Å². The van der Waals surface area contributed by atoms with E-state index in [0.29, 0.717) is 31.1 Å². The Labute approximate surface area is 170 Å². The van der Waals surface area contributed by atoms with E-state index in [1.807, 2.05) is 36.4 Å². The van der Waals surface area contributed by atoms with Crippen LogP contribution < -0.4 is 10.2 Å². The maximum atomic E-state index is 12.9. The summed E-state index contributed by atoms with van der Waals surface area (Å²) in [7, 11) is 0. The Bertz CT molecular complexity index is 915. The van der Waals surface area contributed by atoms with Crippen molar-refractivity contribution in [1.82, 2.24) is 4.98 Å². The highest BCUT2D eigenvalue weighted by molar-refractivity contribution is 9.10. The number of amides is 1. The molecule has 1 unspecified atom stereocenters. The predicted octanol–water partition coefficient (Wildman–Crippen LogP) is 4.74. The van der Waals surface area contributed by atoms with Crippen LogP contribution in [0.1, 0.15) is 21.3 Å². The molecule has 27 heavy (non-hydrogen) atoms. The van der Waals surface area contributed by atoms with E-state index in [0.717, 1.165) is 10.2 Å². The molecule has 4 rings (SSSR count). The third kappa shape index (κ3) is 4.21. The summed E-state index contributed by atoms with van der Waals surface area (Å²) in [4.78, 5) is 20.7. The van der Waals surface area contributed by atoms with Gasteiger partial charge in [-0.25, -0.2) is 4.98 Å². The smallest absolute Gasteiger partial charge is 0.259 e. The zero-order chi connectivity index (χ0) is 18.6. The normalized spacial score (nSPS) is 16.9. The third-order valence-corrected chi connectivity index (χ3v) is 5.85. The number of nitrogens with zero attached hydrogens (tertiary/aromatic N) is 2. The van der Waals surface area contributed by atoms with E-state index in [4.69, 9.17) is 4.74 Å². The molecule has 1 fully saturated rings. The number of carbonyl (C=O) groups is 1. The lowest BCUT2D eigenvalue weighted by Crippen LogP contribution is -2.39. The van der Waals surface area contributed by atoms with Crippen molar-refractivity contribution < 1.29 is 9.53 Å². The van der Waals surface area contributed by atoms with Gasteiger partial charge in [-0.3, -0.25) is 4.79 Å². The lowest BCUT2D eigenvalue weighted by atomic mass is 10.1. The standard InChI is InChI=1S/C20H18BrN3O2S/c21-14-5-7-15(8-6-14)23-20(25)16-3-1-9-22-19(16)24-10-11-26-17(13-24)18-4-2-12-27-18/h1-9,12,17H,10-11,13H2,(H,23,25). The molecule has 0 bridgehead atoms. The number of thiophene rings is 1. The Morgan fingerprint density at radius 3 is 2.85 bits per heavy atom. The molecule has 0 aliphatic carbocycles. The van der Waals surface area contributed by atoms with Gasteiger partial charge in [0, 0.05) is 27.8 Å². The van der Waals surface area contributed by atoms with Gasteiger partial charge in [-0.15, -0.1) is 11.3 Å². The summed E-state index contributed by atoms with van der Waals surface area (Å²) in [6.45, 7) is 1.99. The first kappa shape index (κ1) is 18.2. The summed E-state index contributed by atoms with van der Waals surface area (Å²) >= 11 is 5.09. The molecule has 1 N–H and O–H groups in total. The predicted molar refractivity (Wildman–Crippen MR) is 112 cm³/mol. The van der Waals surface area contributed by atoms with Crippen molar-refractivity contribution in [3.63, 3.8) is 0 Å². The second kappa shape index (κ2) is 8.21. The molecular weight excluding hydrogens is 426 g/mol. The second-order valence-corrected chi connectivity index (χ2v) is 8.05. The van der Waals surface area contributed by atoms with Crippen molar-refractivity contribution in [3.05, 3.63) is 75.0 Å². The van der Waals surface area contributed by atoms with E-state index < -0.39 is 0 Å². The lowest BCUT2D eigenvalue weighted by Gasteiger charge is -2.34. The van der Waals surface area contributed by atoms with E-state index in [1.54, 1.807) is 23.6 Å². The van der Waals surface area contributed by atoms with Crippen LogP contribution in [0.15, 0.2) is 64.6 Å². The van der Waals surface area contributed by atoms with Crippen molar-refractivity contribution in [2.75, 3.05) is 29.9 Å². The number of morpholine rings is 1. The first-order valence-electron chi connectivity index (χ1n) is 8.62. The molecule has 1 atom stereocenters. The summed E-state index contributed by atoms with van der Waals surface area (Å²) in [5, 5.41) is 5.00. The Morgan fingerprint density at radius 1 is 1.22 bits per heavy atom. The SMILES string of the molecule is O=C(Nc1ccc(Br)cc1)c1cccnc1N1CCOC(c2cccs2)C1. The van der Waals surface area contributed by atoms with E-state index in [1.165, 1.54) is 4.88 Å². The molecule has 0 saturated carbocycles. The molecular formula is C20H18BrN3O2S. The number of aromatic nitrogens is 1. The maximum Gasteiger partial charge on any atom is 0.259 e. The molecule has 1 aliphatic rings. The molecule has 5 nitrogen and oxygen atoms in total. The monoisotopic (exact) mass is 443 g/mol. The summed E-state index contributed by atoms with van der Waals surface area (Å²) < 4.78 is 6.89. The van der Waals surface area contributed by atoms with Gasteiger partial charge in [0.2, 0.25) is 0 Å². The number of rotatable bonds is 4. The van der Waals surface area contributed by atoms with Crippen molar-refractivity contribution in [2.45, 2.75) is 6.10 Å². The van der Waals surface area contributed by atoms with Gasteiger partial charge in [0.15, 0.2) is 0 Å². The summed E-state index contributed by atoms with van der Waals surface area (Å²) in [6.07, 6.45) is 1.73. The number of carbonyl (C=O) groups excluding carboxylic acids is 1. The molecule has 0 spiro atoms. The molecule has 138 valence electrons. The molecule has 7 heteroatoms. The van der Waals surface area contributed by atoms with Gasteiger partial charge < -0.3 is 15.0 Å². The van der Waals surface area contributed by atoms with Crippen molar-refractivity contribution >= 4 is 44.7 Å². The van der Waals surface area contributed by atoms with Crippen molar-refractivity contribution in [2.24, 2.45) is 0 Å². The molecule has 3 aromatic rings. The summed E-state index contributed by atoms with van der Waals surface area (Å²) in [6, 6.07) is 15.2. The number of nitrogens with one attached hydrogen (secondary N) is 1. The summed E-state index contributed by atoms with van der Waals surface area (Å²) in [5.74, 6) is 0.525. The number of benzene rings is 1. The summed E-state index contributed by atoms with van der Waals surface area (Å²) in [5.41, 5.74) is 1.31. The zero-order valence-corrected chi connectivity index (χ0v) is 16.9. The molecule has 1 amide bonds. The average Bonchev–Trinajstić information content (AvgIpc) is 3.25. The maximum absolute atomic E-state index is 12.9. The van der Waals surface area contributed by atoms with Gasteiger partial charge >= 0.3 is 0 Å². The van der Waals surface area contributed by atoms with E-state index in [-0.39, 0.29) is 12.0 Å². The first-order valence-corrected chi connectivity index (χ1v) is 10.3. The van der Waals surface area contributed by atoms with Crippen LogP contribution in [0, 0.1) is 0 Å². The topological polar surface area (TPSA) is 54.5 Å². The van der Waals surface area contributed by atoms with Crippen LogP contribution >= 0.6 is 27.3 Å². The molecule has 2 aromatic heterocycles.